The summed E-state index contributed by atoms with van der Waals surface area (Å²) in [5, 5.41) is 0.0162. The van der Waals surface area contributed by atoms with E-state index in [1.807, 2.05) is 0 Å². The smallest absolute Gasteiger partial charge is 0.167 e. The van der Waals surface area contributed by atoms with E-state index in [4.69, 9.17) is 21.1 Å². The van der Waals surface area contributed by atoms with Crippen LogP contribution in [0.1, 0.15) is 15.9 Å². The van der Waals surface area contributed by atoms with Gasteiger partial charge < -0.3 is 9.47 Å². The summed E-state index contributed by atoms with van der Waals surface area (Å²) in [4.78, 5) is 12.3. The highest BCUT2D eigenvalue weighted by Crippen LogP contribution is 2.31. The lowest BCUT2D eigenvalue weighted by molar-refractivity contribution is 0.0991. The van der Waals surface area contributed by atoms with Crippen molar-refractivity contribution in [3.8, 4) is 11.5 Å². The molecule has 0 radical (unpaired) electrons. The van der Waals surface area contributed by atoms with Gasteiger partial charge in [-0.3, -0.25) is 4.79 Å². The molecule has 0 fully saturated rings. The van der Waals surface area contributed by atoms with Gasteiger partial charge in [0.25, 0.3) is 0 Å². The number of ketones is 1. The van der Waals surface area contributed by atoms with Crippen LogP contribution in [0.3, 0.4) is 0 Å². The zero-order chi connectivity index (χ0) is 14.8. The van der Waals surface area contributed by atoms with Gasteiger partial charge in [0.2, 0.25) is 0 Å². The Hall–Kier alpha value is -2.07. The maximum Gasteiger partial charge on any atom is 0.167 e. The Morgan fingerprint density at radius 1 is 1.10 bits per heavy atom. The standard InChI is InChI=1S/C16H12ClFO3/c17-12-7-10(1-3-13(12)18)8-14(19)11-2-4-15-16(9-11)21-6-5-20-15/h1-4,7,9H,5-6,8H2. The highest BCUT2D eigenvalue weighted by molar-refractivity contribution is 6.30. The van der Waals surface area contributed by atoms with Crippen molar-refractivity contribution in [2.24, 2.45) is 0 Å². The Bertz CT molecular complexity index is 700. The van der Waals surface area contributed by atoms with E-state index in [0.717, 1.165) is 0 Å². The van der Waals surface area contributed by atoms with E-state index in [1.54, 1.807) is 24.3 Å². The molecule has 3 rings (SSSR count). The summed E-state index contributed by atoms with van der Waals surface area (Å²) in [5.74, 6) is 0.633. The molecule has 2 aromatic rings. The average Bonchev–Trinajstić information content (AvgIpc) is 2.50. The van der Waals surface area contributed by atoms with Crippen LogP contribution < -0.4 is 9.47 Å². The van der Waals surface area contributed by atoms with Crippen molar-refractivity contribution in [2.75, 3.05) is 13.2 Å². The Morgan fingerprint density at radius 2 is 1.86 bits per heavy atom. The van der Waals surface area contributed by atoms with Crippen molar-refractivity contribution >= 4 is 17.4 Å². The number of fused-ring (bicyclic) bond motifs is 1. The van der Waals surface area contributed by atoms with Crippen LogP contribution in [0.5, 0.6) is 11.5 Å². The van der Waals surface area contributed by atoms with Gasteiger partial charge in [-0.15, -0.1) is 0 Å². The predicted octanol–water partition coefficient (Wildman–Crippen LogP) is 3.68. The van der Waals surface area contributed by atoms with E-state index in [2.05, 4.69) is 0 Å². The van der Waals surface area contributed by atoms with E-state index < -0.39 is 5.82 Å². The molecule has 0 saturated heterocycles. The Labute approximate surface area is 126 Å². The minimum Gasteiger partial charge on any atom is -0.486 e. The van der Waals surface area contributed by atoms with Crippen LogP contribution >= 0.6 is 11.6 Å². The quantitative estimate of drug-likeness (QED) is 0.812. The molecule has 0 atom stereocenters. The van der Waals surface area contributed by atoms with Gasteiger partial charge in [0.15, 0.2) is 17.3 Å². The Morgan fingerprint density at radius 3 is 2.62 bits per heavy atom. The molecule has 3 nitrogen and oxygen atoms in total. The molecule has 0 N–H and O–H groups in total. The largest absolute Gasteiger partial charge is 0.486 e. The molecule has 0 aromatic heterocycles. The Balaban J connectivity index is 1.80. The average molecular weight is 307 g/mol. The molecule has 1 heterocycles. The van der Waals surface area contributed by atoms with Gasteiger partial charge in [0, 0.05) is 12.0 Å². The zero-order valence-corrected chi connectivity index (χ0v) is 11.8. The molecule has 0 saturated carbocycles. The second-order valence-electron chi connectivity index (χ2n) is 4.71. The third-order valence-electron chi connectivity index (χ3n) is 3.21. The molecular formula is C16H12ClFO3. The molecule has 0 unspecified atom stereocenters. The second kappa shape index (κ2) is 5.74. The van der Waals surface area contributed by atoms with Crippen molar-refractivity contribution in [3.63, 3.8) is 0 Å². The fraction of sp³-hybridized carbons (Fsp3) is 0.188. The molecule has 0 aliphatic carbocycles. The van der Waals surface area contributed by atoms with Crippen LogP contribution in [0.25, 0.3) is 0 Å². The summed E-state index contributed by atoms with van der Waals surface area (Å²) in [6.45, 7) is 0.979. The lowest BCUT2D eigenvalue weighted by Gasteiger charge is -2.18. The van der Waals surface area contributed by atoms with E-state index in [0.29, 0.717) is 35.8 Å². The maximum absolute atomic E-state index is 13.1. The number of carbonyl (C=O) groups is 1. The van der Waals surface area contributed by atoms with Crippen molar-refractivity contribution in [3.05, 3.63) is 58.4 Å². The highest BCUT2D eigenvalue weighted by atomic mass is 35.5. The van der Waals surface area contributed by atoms with Gasteiger partial charge in [-0.05, 0) is 35.9 Å². The topological polar surface area (TPSA) is 35.5 Å². The number of hydrogen-bond donors (Lipinski definition) is 0. The lowest BCUT2D eigenvalue weighted by Crippen LogP contribution is -2.16. The van der Waals surface area contributed by atoms with Crippen LogP contribution in [0.4, 0.5) is 4.39 Å². The van der Waals surface area contributed by atoms with Crippen molar-refractivity contribution in [2.45, 2.75) is 6.42 Å². The third-order valence-corrected chi connectivity index (χ3v) is 3.50. The number of Topliss-reactive ketones (excluding diaryl/α,β-unsaturated/α-hetero) is 1. The fourth-order valence-corrected chi connectivity index (χ4v) is 2.36. The molecular weight excluding hydrogens is 295 g/mol. The van der Waals surface area contributed by atoms with E-state index in [-0.39, 0.29) is 17.2 Å². The number of ether oxygens (including phenoxy) is 2. The van der Waals surface area contributed by atoms with Gasteiger partial charge >= 0.3 is 0 Å². The summed E-state index contributed by atoms with van der Waals surface area (Å²) in [6.07, 6.45) is 0.152. The van der Waals surface area contributed by atoms with E-state index >= 15 is 0 Å². The SMILES string of the molecule is O=C(Cc1ccc(F)c(Cl)c1)c1ccc2c(c1)OCCO2. The van der Waals surface area contributed by atoms with Crippen molar-refractivity contribution in [1.29, 1.82) is 0 Å². The molecule has 108 valence electrons. The summed E-state index contributed by atoms with van der Waals surface area (Å²) >= 11 is 5.72. The van der Waals surface area contributed by atoms with Gasteiger partial charge in [-0.25, -0.2) is 4.39 Å². The van der Waals surface area contributed by atoms with E-state index in [1.165, 1.54) is 12.1 Å². The minimum atomic E-state index is -0.493. The molecule has 2 aromatic carbocycles. The molecule has 0 amide bonds. The highest BCUT2D eigenvalue weighted by Gasteiger charge is 2.15. The molecule has 1 aliphatic rings. The molecule has 1 aliphatic heterocycles. The third kappa shape index (κ3) is 3.00. The number of benzene rings is 2. The number of carbonyl (C=O) groups excluding carboxylic acids is 1. The maximum atomic E-state index is 13.1. The molecule has 0 spiro atoms. The van der Waals surface area contributed by atoms with Crippen LogP contribution in [0, 0.1) is 5.82 Å². The van der Waals surface area contributed by atoms with Gasteiger partial charge in [-0.1, -0.05) is 17.7 Å². The summed E-state index contributed by atoms with van der Waals surface area (Å²) in [5.41, 5.74) is 1.20. The summed E-state index contributed by atoms with van der Waals surface area (Å²) in [7, 11) is 0. The first-order valence-corrected chi connectivity index (χ1v) is 6.88. The van der Waals surface area contributed by atoms with Crippen LogP contribution in [0.15, 0.2) is 36.4 Å². The summed E-state index contributed by atoms with van der Waals surface area (Å²) < 4.78 is 24.0. The molecule has 0 bridgehead atoms. The van der Waals surface area contributed by atoms with Gasteiger partial charge in [0.05, 0.1) is 5.02 Å². The molecule has 21 heavy (non-hydrogen) atoms. The predicted molar refractivity (Wildman–Crippen MR) is 76.9 cm³/mol. The monoisotopic (exact) mass is 306 g/mol. The fourth-order valence-electron chi connectivity index (χ4n) is 2.15. The Kier molecular flexibility index (Phi) is 3.80. The van der Waals surface area contributed by atoms with Gasteiger partial charge in [0.1, 0.15) is 19.0 Å². The van der Waals surface area contributed by atoms with E-state index in [9.17, 15) is 9.18 Å². The molecule has 5 heteroatoms. The number of hydrogen-bond acceptors (Lipinski definition) is 3. The second-order valence-corrected chi connectivity index (χ2v) is 5.11. The first kappa shape index (κ1) is 13.9. The first-order valence-electron chi connectivity index (χ1n) is 6.50. The van der Waals surface area contributed by atoms with Gasteiger partial charge in [-0.2, -0.15) is 0 Å². The number of rotatable bonds is 3. The van der Waals surface area contributed by atoms with Crippen LogP contribution in [0.2, 0.25) is 5.02 Å². The normalized spacial score (nSPS) is 13.0. The van der Waals surface area contributed by atoms with Crippen molar-refractivity contribution in [1.82, 2.24) is 0 Å². The van der Waals surface area contributed by atoms with Crippen LogP contribution in [-0.4, -0.2) is 19.0 Å². The summed E-state index contributed by atoms with van der Waals surface area (Å²) in [6, 6.07) is 9.36. The van der Waals surface area contributed by atoms with Crippen molar-refractivity contribution < 1.29 is 18.7 Å². The lowest BCUT2D eigenvalue weighted by atomic mass is 10.0. The number of halogens is 2. The zero-order valence-electron chi connectivity index (χ0n) is 11.1. The first-order chi connectivity index (χ1) is 10.1. The van der Waals surface area contributed by atoms with Crippen LogP contribution in [-0.2, 0) is 6.42 Å². The minimum absolute atomic E-state index is 0.0162.